The summed E-state index contributed by atoms with van der Waals surface area (Å²) in [7, 11) is -3.56. The topological polar surface area (TPSA) is 9.23 Å². The molecule has 1 heterocycles. The fourth-order valence-electron chi connectivity index (χ4n) is 8.26. The maximum absolute atomic E-state index is 10.1. The summed E-state index contributed by atoms with van der Waals surface area (Å²) in [5.41, 5.74) is 12.3. The van der Waals surface area contributed by atoms with E-state index in [2.05, 4.69) is 84.9 Å². The Morgan fingerprint density at radius 3 is 1.77 bits per heavy atom. The Hall–Kier alpha value is -4.66. The van der Waals surface area contributed by atoms with Gasteiger partial charge in [0.2, 0.25) is 0 Å². The number of hydrogen-bond acceptors (Lipinski definition) is 1. The Balaban J connectivity index is 1.40. The fraction of sp³-hybridized carbons (Fsp3) is 0.200. The van der Waals surface area contributed by atoms with Crippen LogP contribution in [0.2, 0.25) is 13.0 Å². The largest absolute Gasteiger partial charge is 0.457 e. The second-order valence-electron chi connectivity index (χ2n) is 13.5. The van der Waals surface area contributed by atoms with Gasteiger partial charge in [0, 0.05) is 15.2 Å². The highest BCUT2D eigenvalue weighted by Gasteiger charge is 2.39. The van der Waals surface area contributed by atoms with Crippen LogP contribution in [-0.2, 0) is 0 Å². The molecule has 2 aliphatic carbocycles. The first-order valence-electron chi connectivity index (χ1n) is 20.2. The molecular weight excluding hydrogens is 585 g/mol. The molecular formula is C45H40OSi. The van der Waals surface area contributed by atoms with Crippen LogP contribution in [0, 0.1) is 13.8 Å². The SMILES string of the molecule is [2H]C([2H])([2H])c1ccc2c(c1)Oc1c(ccc(C)c1-c1cc3c(cc1C1([2H])CCCC1)-c1ccccc1-c1ccccc1-c1ccccc1-3)[Si]2(C)C([2H])([2H])[2H]. The molecule has 0 spiro atoms. The van der Waals surface area contributed by atoms with Gasteiger partial charge < -0.3 is 4.74 Å². The monoisotopic (exact) mass is 631 g/mol. The minimum atomic E-state index is -3.56. The van der Waals surface area contributed by atoms with Crippen molar-refractivity contribution in [3.63, 3.8) is 0 Å². The Labute approximate surface area is 289 Å². The molecule has 9 rings (SSSR count). The number of hydrogen-bond donors (Lipinski definition) is 0. The summed E-state index contributed by atoms with van der Waals surface area (Å²) in [6.45, 7) is -0.880. The Morgan fingerprint density at radius 1 is 0.638 bits per heavy atom. The van der Waals surface area contributed by atoms with Gasteiger partial charge in [-0.2, -0.15) is 0 Å². The average molecular weight is 632 g/mol. The molecule has 0 aromatic heterocycles. The van der Waals surface area contributed by atoms with Crippen LogP contribution in [-0.4, -0.2) is 8.07 Å². The van der Waals surface area contributed by atoms with Crippen molar-refractivity contribution in [3.8, 4) is 67.1 Å². The van der Waals surface area contributed by atoms with Gasteiger partial charge in [-0.05, 0) is 128 Å². The van der Waals surface area contributed by atoms with Gasteiger partial charge >= 0.3 is 0 Å². The molecule has 1 atom stereocenters. The molecule has 1 saturated carbocycles. The molecule has 6 aromatic rings. The van der Waals surface area contributed by atoms with Crippen molar-refractivity contribution in [1.29, 1.82) is 0 Å². The first-order valence-corrected chi connectivity index (χ1v) is 19.2. The molecule has 0 amide bonds. The van der Waals surface area contributed by atoms with Gasteiger partial charge in [-0.3, -0.25) is 0 Å². The van der Waals surface area contributed by atoms with Crippen molar-refractivity contribution < 1.29 is 14.3 Å². The van der Waals surface area contributed by atoms with Crippen LogP contribution in [0.5, 0.6) is 11.5 Å². The van der Waals surface area contributed by atoms with Crippen molar-refractivity contribution in [2.75, 3.05) is 0 Å². The Kier molecular flexibility index (Phi) is 5.00. The van der Waals surface area contributed by atoms with E-state index in [4.69, 9.17) is 13.0 Å². The molecule has 3 aliphatic rings. The third-order valence-electron chi connectivity index (χ3n) is 10.6. The van der Waals surface area contributed by atoms with Crippen LogP contribution in [0.25, 0.3) is 55.6 Å². The van der Waals surface area contributed by atoms with E-state index in [0.29, 0.717) is 34.7 Å². The lowest BCUT2D eigenvalue weighted by Crippen LogP contribution is -2.56. The number of fused-ring (bicyclic) bond motifs is 10. The van der Waals surface area contributed by atoms with Crippen molar-refractivity contribution in [2.24, 2.45) is 0 Å². The highest BCUT2D eigenvalue weighted by atomic mass is 28.3. The second-order valence-corrected chi connectivity index (χ2v) is 16.8. The van der Waals surface area contributed by atoms with Gasteiger partial charge in [0.25, 0.3) is 0 Å². The zero-order chi connectivity index (χ0) is 37.8. The number of aryl methyl sites for hydroxylation is 2. The third kappa shape index (κ3) is 4.34. The first kappa shape index (κ1) is 22.0. The minimum Gasteiger partial charge on any atom is -0.457 e. The smallest absolute Gasteiger partial charge is 0.135 e. The molecule has 47 heavy (non-hydrogen) atoms. The van der Waals surface area contributed by atoms with E-state index in [-0.39, 0.29) is 5.56 Å². The van der Waals surface area contributed by atoms with Crippen LogP contribution >= 0.6 is 0 Å². The van der Waals surface area contributed by atoms with E-state index in [0.717, 1.165) is 79.6 Å². The normalized spacial score (nSPS) is 21.0. The lowest BCUT2D eigenvalue weighted by Gasteiger charge is -2.35. The van der Waals surface area contributed by atoms with Gasteiger partial charge in [0.05, 0.1) is 0 Å². The first-order chi connectivity index (χ1) is 25.7. The van der Waals surface area contributed by atoms with Crippen LogP contribution in [0.15, 0.2) is 115 Å². The van der Waals surface area contributed by atoms with Gasteiger partial charge in [0.1, 0.15) is 19.6 Å². The summed E-state index contributed by atoms with van der Waals surface area (Å²) in [4.78, 5) is 0. The molecule has 230 valence electrons. The summed E-state index contributed by atoms with van der Waals surface area (Å²) in [5, 5.41) is 1.22. The van der Waals surface area contributed by atoms with Crippen molar-refractivity contribution in [2.45, 2.75) is 58.4 Å². The quantitative estimate of drug-likeness (QED) is 0.173. The zero-order valence-electron chi connectivity index (χ0n) is 33.7. The van der Waals surface area contributed by atoms with E-state index >= 15 is 0 Å². The number of rotatable bonds is 2. The predicted octanol–water partition coefficient (Wildman–Crippen LogP) is 11.5. The van der Waals surface area contributed by atoms with Crippen LogP contribution in [0.1, 0.15) is 57.9 Å². The molecule has 1 fully saturated rings. The van der Waals surface area contributed by atoms with E-state index in [9.17, 15) is 1.37 Å². The van der Waals surface area contributed by atoms with Crippen molar-refractivity contribution >= 4 is 18.4 Å². The Bertz CT molecular complexity index is 2510. The van der Waals surface area contributed by atoms with Crippen molar-refractivity contribution in [1.82, 2.24) is 0 Å². The van der Waals surface area contributed by atoms with Gasteiger partial charge in [0.15, 0.2) is 0 Å². The molecule has 0 radical (unpaired) electrons. The predicted molar refractivity (Wildman–Crippen MR) is 201 cm³/mol. The number of benzene rings is 6. The standard InChI is InChI=1S/C45H40OSi/c1-28-21-23-42-41(25-28)46-45-43(47(42,3)4)24-22-29(2)44(45)40-27-39-36-20-12-10-18-34(36)32-16-8-7-15-31(32)33-17-9-11-19-35(33)38(39)26-37(40)30-13-5-6-14-30/h7-12,15-27,30H,5-6,13-14H2,1-4H3/i1D3,3D3,30D. The molecule has 1 nitrogen and oxygen atoms in total. The van der Waals surface area contributed by atoms with Crippen LogP contribution in [0.4, 0.5) is 0 Å². The van der Waals surface area contributed by atoms with Crippen molar-refractivity contribution in [3.05, 3.63) is 132 Å². The minimum absolute atomic E-state index is 0.106. The average Bonchev–Trinajstić information content (AvgIpc) is 3.60. The van der Waals surface area contributed by atoms with Gasteiger partial charge in [-0.15, -0.1) is 0 Å². The molecule has 0 bridgehead atoms. The van der Waals surface area contributed by atoms with Crippen LogP contribution < -0.4 is 15.1 Å². The lowest BCUT2D eigenvalue weighted by molar-refractivity contribution is 0.487. The Morgan fingerprint density at radius 2 is 1.19 bits per heavy atom. The summed E-state index contributed by atoms with van der Waals surface area (Å²) in [5.74, 6) is -0.124. The zero-order valence-corrected chi connectivity index (χ0v) is 27.7. The van der Waals surface area contributed by atoms with Crippen LogP contribution in [0.3, 0.4) is 0 Å². The summed E-state index contributed by atoms with van der Waals surface area (Å²) in [6.07, 6.45) is 3.32. The molecule has 0 N–H and O–H groups in total. The van der Waals surface area contributed by atoms with Gasteiger partial charge in [-0.1, -0.05) is 123 Å². The molecule has 1 aliphatic heterocycles. The maximum Gasteiger partial charge on any atom is 0.135 e. The third-order valence-corrected chi connectivity index (χ3v) is 13.6. The highest BCUT2D eigenvalue weighted by molar-refractivity contribution is 7.01. The fourth-order valence-corrected chi connectivity index (χ4v) is 10.6. The van der Waals surface area contributed by atoms with E-state index in [1.165, 1.54) is 12.1 Å². The maximum atomic E-state index is 10.1. The lowest BCUT2D eigenvalue weighted by atomic mass is 9.77. The number of ether oxygens (including phenoxy) is 1. The summed E-state index contributed by atoms with van der Waals surface area (Å²) < 4.78 is 68.3. The molecule has 0 saturated heterocycles. The molecule has 6 aromatic carbocycles. The molecule has 2 heteroatoms. The van der Waals surface area contributed by atoms with E-state index < -0.39 is 27.3 Å². The second kappa shape index (κ2) is 10.7. The van der Waals surface area contributed by atoms with E-state index in [1.807, 2.05) is 25.6 Å². The highest BCUT2D eigenvalue weighted by Crippen LogP contribution is 2.52. The summed E-state index contributed by atoms with van der Waals surface area (Å²) in [6, 6.07) is 38.6. The summed E-state index contributed by atoms with van der Waals surface area (Å²) >= 11 is 0. The van der Waals surface area contributed by atoms with E-state index in [1.54, 1.807) is 6.07 Å². The molecule has 1 unspecified atom stereocenters. The van der Waals surface area contributed by atoms with Gasteiger partial charge in [-0.25, -0.2) is 0 Å².